The van der Waals surface area contributed by atoms with E-state index in [2.05, 4.69) is 21.3 Å². The van der Waals surface area contributed by atoms with Crippen LogP contribution in [0, 0.1) is 31.0 Å². The van der Waals surface area contributed by atoms with Gasteiger partial charge in [0.05, 0.1) is 11.6 Å². The number of halogens is 1. The van der Waals surface area contributed by atoms with Gasteiger partial charge in [0.25, 0.3) is 0 Å². The van der Waals surface area contributed by atoms with E-state index in [1.807, 2.05) is 19.9 Å². The van der Waals surface area contributed by atoms with Crippen LogP contribution < -0.4 is 10.2 Å². The van der Waals surface area contributed by atoms with E-state index in [0.717, 1.165) is 22.6 Å². The predicted molar refractivity (Wildman–Crippen MR) is 125 cm³/mol. The third-order valence-electron chi connectivity index (χ3n) is 5.71. The van der Waals surface area contributed by atoms with Crippen molar-refractivity contribution in [2.75, 3.05) is 36.4 Å². The van der Waals surface area contributed by atoms with Gasteiger partial charge in [-0.3, -0.25) is 0 Å². The molecule has 1 saturated heterocycles. The van der Waals surface area contributed by atoms with Crippen molar-refractivity contribution in [1.82, 2.24) is 14.9 Å². The van der Waals surface area contributed by atoms with Crippen LogP contribution in [0.4, 0.5) is 20.7 Å². The predicted octanol–water partition coefficient (Wildman–Crippen LogP) is 4.05. The topological polar surface area (TPSA) is 85.2 Å². The summed E-state index contributed by atoms with van der Waals surface area (Å²) in [6.07, 6.45) is 0.540. The molecule has 0 unspecified atom stereocenters. The van der Waals surface area contributed by atoms with Crippen LogP contribution in [0.25, 0.3) is 0 Å². The van der Waals surface area contributed by atoms with Crippen LogP contribution in [-0.2, 0) is 6.42 Å². The van der Waals surface area contributed by atoms with Gasteiger partial charge in [0.15, 0.2) is 0 Å². The van der Waals surface area contributed by atoms with Crippen molar-refractivity contribution in [3.63, 3.8) is 0 Å². The van der Waals surface area contributed by atoms with Crippen molar-refractivity contribution in [1.29, 1.82) is 5.26 Å². The van der Waals surface area contributed by atoms with E-state index in [1.165, 1.54) is 12.1 Å². The quantitative estimate of drug-likeness (QED) is 0.656. The first-order valence-corrected chi connectivity index (χ1v) is 10.8. The van der Waals surface area contributed by atoms with Crippen LogP contribution in [0.1, 0.15) is 28.2 Å². The molecule has 4 rings (SSSR count). The van der Waals surface area contributed by atoms with Crippen molar-refractivity contribution < 1.29 is 9.18 Å². The fourth-order valence-corrected chi connectivity index (χ4v) is 3.99. The summed E-state index contributed by atoms with van der Waals surface area (Å²) in [5, 5.41) is 11.8. The third-order valence-corrected chi connectivity index (χ3v) is 5.71. The summed E-state index contributed by atoms with van der Waals surface area (Å²) in [5.74, 6) is 1.27. The minimum Gasteiger partial charge on any atom is -0.353 e. The molecule has 0 saturated carbocycles. The lowest BCUT2D eigenvalue weighted by Crippen LogP contribution is -2.50. The normalized spacial score (nSPS) is 13.5. The molecule has 7 nitrogen and oxygen atoms in total. The van der Waals surface area contributed by atoms with Crippen molar-refractivity contribution in [2.24, 2.45) is 0 Å². The van der Waals surface area contributed by atoms with Crippen LogP contribution in [-0.4, -0.2) is 47.1 Å². The Morgan fingerprint density at radius 2 is 1.82 bits per heavy atom. The van der Waals surface area contributed by atoms with Gasteiger partial charge in [0.2, 0.25) is 0 Å². The number of benzene rings is 2. The first-order chi connectivity index (χ1) is 15.9. The zero-order valence-electron chi connectivity index (χ0n) is 18.7. The van der Waals surface area contributed by atoms with Crippen LogP contribution in [0.15, 0.2) is 48.5 Å². The van der Waals surface area contributed by atoms with E-state index in [0.29, 0.717) is 49.7 Å². The van der Waals surface area contributed by atoms with Gasteiger partial charge in [-0.25, -0.2) is 19.2 Å². The highest BCUT2D eigenvalue weighted by atomic mass is 19.1. The molecule has 1 N–H and O–H groups in total. The highest BCUT2D eigenvalue weighted by molar-refractivity contribution is 5.89. The summed E-state index contributed by atoms with van der Waals surface area (Å²) in [7, 11) is 0. The molecule has 8 heteroatoms. The number of aromatic nitrogens is 2. The lowest BCUT2D eigenvalue weighted by Gasteiger charge is -2.36. The van der Waals surface area contributed by atoms with Gasteiger partial charge in [-0.2, -0.15) is 5.26 Å². The minimum atomic E-state index is -0.262. The van der Waals surface area contributed by atoms with E-state index >= 15 is 0 Å². The molecule has 0 aliphatic carbocycles. The Morgan fingerprint density at radius 3 is 2.48 bits per heavy atom. The van der Waals surface area contributed by atoms with Gasteiger partial charge in [-0.1, -0.05) is 12.1 Å². The summed E-state index contributed by atoms with van der Waals surface area (Å²) >= 11 is 0. The monoisotopic (exact) mass is 444 g/mol. The maximum atomic E-state index is 13.7. The Hall–Kier alpha value is -3.99. The van der Waals surface area contributed by atoms with Crippen molar-refractivity contribution >= 4 is 17.5 Å². The molecular formula is C25H25FN6O. The van der Waals surface area contributed by atoms with Crippen LogP contribution in [0.3, 0.4) is 0 Å². The second-order valence-corrected chi connectivity index (χ2v) is 8.06. The Bertz CT molecular complexity index is 1200. The van der Waals surface area contributed by atoms with E-state index < -0.39 is 0 Å². The number of urea groups is 1. The Labute approximate surface area is 192 Å². The van der Waals surface area contributed by atoms with Gasteiger partial charge < -0.3 is 15.1 Å². The summed E-state index contributed by atoms with van der Waals surface area (Å²) in [6.45, 7) is 6.17. The largest absolute Gasteiger partial charge is 0.353 e. The van der Waals surface area contributed by atoms with Crippen LogP contribution in [0.2, 0.25) is 0 Å². The number of hydrogen-bond acceptors (Lipinski definition) is 5. The van der Waals surface area contributed by atoms with Crippen molar-refractivity contribution in [3.05, 3.63) is 82.6 Å². The van der Waals surface area contributed by atoms with Gasteiger partial charge in [-0.15, -0.1) is 0 Å². The average molecular weight is 445 g/mol. The molecule has 0 spiro atoms. The number of amides is 2. The molecular weight excluding hydrogens is 419 g/mol. The molecule has 1 aliphatic heterocycles. The zero-order chi connectivity index (χ0) is 23.4. The Morgan fingerprint density at radius 1 is 1.09 bits per heavy atom. The molecule has 2 heterocycles. The van der Waals surface area contributed by atoms with Crippen LogP contribution >= 0.6 is 0 Å². The van der Waals surface area contributed by atoms with Gasteiger partial charge in [0, 0.05) is 49.5 Å². The van der Waals surface area contributed by atoms with E-state index in [-0.39, 0.29) is 11.8 Å². The summed E-state index contributed by atoms with van der Waals surface area (Å²) in [5.41, 5.74) is 3.92. The number of carbonyl (C=O) groups excluding carboxylic acids is 1. The number of nitriles is 1. The number of nitrogens with one attached hydrogen (secondary N) is 1. The SMILES string of the molecule is Cc1nc(C)c(Cc2cccc(F)c2)c(N2CCN(C(=O)Nc3ccc(C#N)cc3)CC2)n1. The number of aryl methyl sites for hydroxylation is 2. The lowest BCUT2D eigenvalue weighted by atomic mass is 10.0. The summed E-state index contributed by atoms with van der Waals surface area (Å²) < 4.78 is 13.7. The highest BCUT2D eigenvalue weighted by Gasteiger charge is 2.25. The van der Waals surface area contributed by atoms with Gasteiger partial charge in [-0.05, 0) is 55.8 Å². The first-order valence-electron chi connectivity index (χ1n) is 10.8. The average Bonchev–Trinajstić information content (AvgIpc) is 2.81. The maximum Gasteiger partial charge on any atom is 0.321 e. The molecule has 1 aromatic heterocycles. The number of carbonyl (C=O) groups is 1. The first kappa shape index (κ1) is 22.2. The molecule has 0 bridgehead atoms. The van der Waals surface area contributed by atoms with E-state index in [9.17, 15) is 9.18 Å². The molecule has 1 aliphatic rings. The molecule has 2 aromatic carbocycles. The molecule has 2 amide bonds. The van der Waals surface area contributed by atoms with E-state index in [4.69, 9.17) is 10.2 Å². The van der Waals surface area contributed by atoms with Crippen molar-refractivity contribution in [2.45, 2.75) is 20.3 Å². The van der Waals surface area contributed by atoms with Gasteiger partial charge >= 0.3 is 6.03 Å². The van der Waals surface area contributed by atoms with Crippen molar-refractivity contribution in [3.8, 4) is 6.07 Å². The molecule has 0 atom stereocenters. The summed E-state index contributed by atoms with van der Waals surface area (Å²) in [6, 6.07) is 15.3. The number of hydrogen-bond donors (Lipinski definition) is 1. The fraction of sp³-hybridized carbons (Fsp3) is 0.280. The lowest BCUT2D eigenvalue weighted by molar-refractivity contribution is 0.208. The number of nitrogens with zero attached hydrogens (tertiary/aromatic N) is 5. The Kier molecular flexibility index (Phi) is 6.50. The second kappa shape index (κ2) is 9.65. The van der Waals surface area contributed by atoms with Gasteiger partial charge in [0.1, 0.15) is 17.5 Å². The zero-order valence-corrected chi connectivity index (χ0v) is 18.7. The van der Waals surface area contributed by atoms with Crippen LogP contribution in [0.5, 0.6) is 0 Å². The second-order valence-electron chi connectivity index (χ2n) is 8.06. The number of rotatable bonds is 4. The maximum absolute atomic E-state index is 13.7. The minimum absolute atomic E-state index is 0.172. The third kappa shape index (κ3) is 5.26. The molecule has 168 valence electrons. The molecule has 3 aromatic rings. The Balaban J connectivity index is 1.45. The molecule has 33 heavy (non-hydrogen) atoms. The standard InChI is InChI=1S/C25H25FN6O/c1-17-23(15-20-4-3-5-21(26)14-20)24(29-18(2)28-17)31-10-12-32(13-11-31)25(33)30-22-8-6-19(16-27)7-9-22/h3-9,14H,10-13,15H2,1-2H3,(H,30,33). The number of piperazine rings is 1. The number of anilines is 2. The fourth-order valence-electron chi connectivity index (χ4n) is 3.99. The molecule has 1 fully saturated rings. The summed E-state index contributed by atoms with van der Waals surface area (Å²) in [4.78, 5) is 25.8. The smallest absolute Gasteiger partial charge is 0.321 e. The highest BCUT2D eigenvalue weighted by Crippen LogP contribution is 2.25. The van der Waals surface area contributed by atoms with E-state index in [1.54, 1.807) is 35.2 Å². The molecule has 0 radical (unpaired) electrons.